The van der Waals surface area contributed by atoms with E-state index in [4.69, 9.17) is 10.5 Å². The molecule has 0 radical (unpaired) electrons. The first-order valence-corrected chi connectivity index (χ1v) is 8.64. The number of imidazole rings is 1. The number of nitrogen functional groups attached to an aromatic ring is 1. The van der Waals surface area contributed by atoms with E-state index in [0.29, 0.717) is 0 Å². The van der Waals surface area contributed by atoms with Gasteiger partial charge in [0.25, 0.3) is 5.56 Å². The number of anilines is 1. The maximum absolute atomic E-state index is 12.0. The van der Waals surface area contributed by atoms with Crippen molar-refractivity contribution < 1.29 is 28.5 Å². The van der Waals surface area contributed by atoms with Crippen molar-refractivity contribution in [2.24, 2.45) is 0 Å². The van der Waals surface area contributed by atoms with E-state index in [1.54, 1.807) is 0 Å². The van der Waals surface area contributed by atoms with Gasteiger partial charge in [-0.1, -0.05) is 0 Å². The molecule has 13 heteroatoms. The van der Waals surface area contributed by atoms with Gasteiger partial charge in [-0.15, -0.1) is 0 Å². The minimum atomic E-state index is -3.94. The number of nitrogens with zero attached hydrogens (tertiary/aromatic N) is 3. The van der Waals surface area contributed by atoms with E-state index in [1.165, 1.54) is 0 Å². The first-order valence-electron chi connectivity index (χ1n) is 6.75. The van der Waals surface area contributed by atoms with Gasteiger partial charge >= 0.3 is 0 Å². The molecule has 0 spiro atoms. The number of aliphatic hydroxyl groups is 3. The third kappa shape index (κ3) is 2.46. The van der Waals surface area contributed by atoms with Crippen LogP contribution < -0.4 is 11.3 Å². The van der Waals surface area contributed by atoms with Crippen LogP contribution in [0.2, 0.25) is 0 Å². The van der Waals surface area contributed by atoms with Crippen LogP contribution in [0.1, 0.15) is 6.23 Å². The van der Waals surface area contributed by atoms with Crippen molar-refractivity contribution in [1.82, 2.24) is 19.5 Å². The largest absolute Gasteiger partial charge is 0.394 e. The lowest BCUT2D eigenvalue weighted by molar-refractivity contribution is -0.0550. The van der Waals surface area contributed by atoms with Crippen molar-refractivity contribution in [3.63, 3.8) is 0 Å². The molecule has 1 aliphatic rings. The Labute approximate surface area is 134 Å². The highest BCUT2D eigenvalue weighted by atomic mass is 32.2. The lowest BCUT2D eigenvalue weighted by Gasteiger charge is -2.18. The van der Waals surface area contributed by atoms with Crippen LogP contribution in [-0.4, -0.2) is 74.4 Å². The van der Waals surface area contributed by atoms with E-state index >= 15 is 0 Å². The Hall–Kier alpha value is -2.06. The van der Waals surface area contributed by atoms with Crippen molar-refractivity contribution in [2.75, 3.05) is 18.6 Å². The summed E-state index contributed by atoms with van der Waals surface area (Å²) in [6, 6.07) is 0. The molecule has 3 heterocycles. The second kappa shape index (κ2) is 5.49. The minimum Gasteiger partial charge on any atom is -0.394 e. The number of nitrogens with two attached hydrogens (primary N) is 1. The number of hydrogen-bond donors (Lipinski definition) is 5. The smallest absolute Gasteiger partial charge is 0.280 e. The van der Waals surface area contributed by atoms with Gasteiger partial charge in [0.2, 0.25) is 20.9 Å². The molecule has 3 rings (SSSR count). The van der Waals surface area contributed by atoms with E-state index in [2.05, 4.69) is 15.0 Å². The summed E-state index contributed by atoms with van der Waals surface area (Å²) in [5.74, 6) is -0.291. The Balaban J connectivity index is 2.32. The summed E-state index contributed by atoms with van der Waals surface area (Å²) in [5, 5.41) is 28.6. The number of nitrogens with one attached hydrogen (secondary N) is 1. The average molecular weight is 361 g/mol. The monoisotopic (exact) mass is 361 g/mol. The van der Waals surface area contributed by atoms with Gasteiger partial charge in [-0.3, -0.25) is 14.3 Å². The van der Waals surface area contributed by atoms with Crippen LogP contribution in [0, 0.1) is 0 Å². The van der Waals surface area contributed by atoms with E-state index in [0.717, 1.165) is 10.8 Å². The molecule has 4 atom stereocenters. The average Bonchev–Trinajstić information content (AvgIpc) is 2.98. The second-order valence-electron chi connectivity index (χ2n) is 5.39. The summed E-state index contributed by atoms with van der Waals surface area (Å²) in [5.41, 5.74) is 4.16. The van der Waals surface area contributed by atoms with Crippen LogP contribution >= 0.6 is 0 Å². The minimum absolute atomic E-state index is 0.230. The molecular formula is C11H15N5O7S. The van der Waals surface area contributed by atoms with Crippen molar-refractivity contribution in [3.05, 3.63) is 10.4 Å². The van der Waals surface area contributed by atoms with Crippen molar-refractivity contribution in [3.8, 4) is 0 Å². The molecular weight excluding hydrogens is 346 g/mol. The van der Waals surface area contributed by atoms with Gasteiger partial charge in [-0.05, 0) is 0 Å². The Bertz CT molecular complexity index is 952. The number of aliphatic hydroxyl groups excluding tert-OH is 3. The van der Waals surface area contributed by atoms with E-state index in [-0.39, 0.29) is 17.1 Å². The maximum atomic E-state index is 12.0. The zero-order valence-corrected chi connectivity index (χ0v) is 13.1. The summed E-state index contributed by atoms with van der Waals surface area (Å²) in [7, 11) is -3.94. The number of fused-ring (bicyclic) bond motifs is 1. The molecule has 0 saturated carbocycles. The van der Waals surface area contributed by atoms with Crippen LogP contribution in [0.3, 0.4) is 0 Å². The highest BCUT2D eigenvalue weighted by Crippen LogP contribution is 2.33. The number of aromatic nitrogens is 4. The molecule has 0 amide bonds. The maximum Gasteiger partial charge on any atom is 0.280 e. The standard InChI is InChI=1S/C11H15N5O7S/c1-24(21,22)11-13-4-7(14-10(12)15-8(4)20)16(11)9-6(19)5(18)3(2-17)23-9/h3,5-6,9,17-19H,2H2,1H3,(H3,12,14,15,20)/t3-,5?,6?,9-/m1/s1. The Morgan fingerprint density at radius 2 is 2.00 bits per heavy atom. The molecule has 0 aromatic carbocycles. The van der Waals surface area contributed by atoms with Crippen LogP contribution in [0.5, 0.6) is 0 Å². The third-order valence-electron chi connectivity index (χ3n) is 3.64. The van der Waals surface area contributed by atoms with Crippen LogP contribution in [0.15, 0.2) is 9.95 Å². The van der Waals surface area contributed by atoms with E-state index < -0.39 is 51.7 Å². The molecule has 2 unspecified atom stereocenters. The predicted octanol–water partition coefficient (Wildman–Crippen LogP) is -3.28. The molecule has 24 heavy (non-hydrogen) atoms. The summed E-state index contributed by atoms with van der Waals surface area (Å²) >= 11 is 0. The molecule has 2 aromatic rings. The van der Waals surface area contributed by atoms with Crippen molar-refractivity contribution in [1.29, 1.82) is 0 Å². The Kier molecular flexibility index (Phi) is 3.84. The zero-order valence-electron chi connectivity index (χ0n) is 12.3. The first-order chi connectivity index (χ1) is 11.1. The number of ether oxygens (including phenoxy) is 1. The molecule has 6 N–H and O–H groups in total. The fraction of sp³-hybridized carbons (Fsp3) is 0.545. The van der Waals surface area contributed by atoms with E-state index in [9.17, 15) is 28.5 Å². The van der Waals surface area contributed by atoms with E-state index in [1.807, 2.05) is 0 Å². The molecule has 12 nitrogen and oxygen atoms in total. The van der Waals surface area contributed by atoms with Gasteiger partial charge in [-0.2, -0.15) is 4.98 Å². The molecule has 1 saturated heterocycles. The van der Waals surface area contributed by atoms with Crippen LogP contribution in [0.25, 0.3) is 11.2 Å². The van der Waals surface area contributed by atoms with Gasteiger partial charge < -0.3 is 25.8 Å². The van der Waals surface area contributed by atoms with Gasteiger partial charge in [0.05, 0.1) is 6.61 Å². The summed E-state index contributed by atoms with van der Waals surface area (Å²) < 4.78 is 30.2. The van der Waals surface area contributed by atoms with Gasteiger partial charge in [0.15, 0.2) is 17.4 Å². The Morgan fingerprint density at radius 3 is 2.54 bits per heavy atom. The number of aromatic amines is 1. The lowest BCUT2D eigenvalue weighted by atomic mass is 10.1. The lowest BCUT2D eigenvalue weighted by Crippen LogP contribution is -2.33. The number of H-pyrrole nitrogens is 1. The van der Waals surface area contributed by atoms with Gasteiger partial charge in [0.1, 0.15) is 18.3 Å². The summed E-state index contributed by atoms with van der Waals surface area (Å²) in [6.07, 6.45) is -4.77. The van der Waals surface area contributed by atoms with Crippen molar-refractivity contribution >= 4 is 26.9 Å². The fourth-order valence-corrected chi connectivity index (χ4v) is 3.37. The first kappa shape index (κ1) is 16.8. The normalized spacial score (nSPS) is 27.8. The zero-order chi connectivity index (χ0) is 17.8. The van der Waals surface area contributed by atoms with Gasteiger partial charge in [0, 0.05) is 6.26 Å². The highest BCUT2D eigenvalue weighted by molar-refractivity contribution is 7.90. The van der Waals surface area contributed by atoms with Crippen molar-refractivity contribution in [2.45, 2.75) is 29.7 Å². The predicted molar refractivity (Wildman–Crippen MR) is 78.7 cm³/mol. The molecule has 1 aliphatic heterocycles. The third-order valence-corrected chi connectivity index (χ3v) is 4.59. The molecule has 0 aliphatic carbocycles. The molecule has 0 bridgehead atoms. The summed E-state index contributed by atoms with van der Waals surface area (Å²) in [6.45, 7) is -0.605. The molecule has 132 valence electrons. The van der Waals surface area contributed by atoms with Crippen LogP contribution in [0.4, 0.5) is 5.95 Å². The Morgan fingerprint density at radius 1 is 1.33 bits per heavy atom. The molecule has 2 aromatic heterocycles. The topological polar surface area (TPSA) is 194 Å². The number of rotatable bonds is 3. The van der Waals surface area contributed by atoms with Crippen LogP contribution in [-0.2, 0) is 14.6 Å². The quantitative estimate of drug-likeness (QED) is 0.370. The molecule has 1 fully saturated rings. The fourth-order valence-electron chi connectivity index (χ4n) is 2.57. The van der Waals surface area contributed by atoms with Gasteiger partial charge in [-0.25, -0.2) is 13.4 Å². The highest BCUT2D eigenvalue weighted by Gasteiger charge is 2.45. The number of sulfone groups is 1. The SMILES string of the molecule is CS(=O)(=O)c1nc2c(=O)[nH]c(N)nc2n1[C@@H]1O[C@H](CO)C(O)C1O. The second-order valence-corrected chi connectivity index (χ2v) is 7.30. The summed E-state index contributed by atoms with van der Waals surface area (Å²) in [4.78, 5) is 21.7. The number of hydrogen-bond acceptors (Lipinski definition) is 10.